The van der Waals surface area contributed by atoms with Crippen molar-refractivity contribution in [2.24, 2.45) is 5.92 Å². The molecule has 1 aliphatic heterocycles. The lowest BCUT2D eigenvalue weighted by molar-refractivity contribution is -0.143. The number of hydrogen-bond acceptors (Lipinski definition) is 5. The Hall–Kier alpha value is -2.57. The van der Waals surface area contributed by atoms with E-state index in [-0.39, 0.29) is 18.4 Å². The number of carbonyl (C=O) groups excluding carboxylic acids is 2. The highest BCUT2D eigenvalue weighted by Crippen LogP contribution is 2.21. The molecule has 1 heterocycles. The normalized spacial score (nSPS) is 15.1. The average molecular weight is 321 g/mol. The molecule has 0 aromatic heterocycles. The number of carboxylic acids is 1. The number of hydrogen-bond donors (Lipinski definition) is 1. The van der Waals surface area contributed by atoms with Crippen molar-refractivity contribution in [3.05, 3.63) is 29.8 Å². The number of likely N-dealkylation sites (tertiary alicyclic amines) is 1. The van der Waals surface area contributed by atoms with Crippen LogP contribution in [0, 0.1) is 5.92 Å². The lowest BCUT2D eigenvalue weighted by atomic mass is 9.96. The first-order valence-corrected chi connectivity index (χ1v) is 7.33. The van der Waals surface area contributed by atoms with E-state index in [1.165, 1.54) is 7.11 Å². The zero-order chi connectivity index (χ0) is 16.8. The van der Waals surface area contributed by atoms with Crippen molar-refractivity contribution in [2.45, 2.75) is 12.8 Å². The summed E-state index contributed by atoms with van der Waals surface area (Å²) < 4.78 is 9.75. The van der Waals surface area contributed by atoms with Crippen molar-refractivity contribution < 1.29 is 29.0 Å². The summed E-state index contributed by atoms with van der Waals surface area (Å²) in [5.41, 5.74) is 0.446. The number of aliphatic carboxylic acids is 1. The van der Waals surface area contributed by atoms with E-state index in [2.05, 4.69) is 4.74 Å². The zero-order valence-electron chi connectivity index (χ0n) is 12.9. The molecule has 1 saturated heterocycles. The van der Waals surface area contributed by atoms with Gasteiger partial charge in [-0.15, -0.1) is 0 Å². The Bertz CT molecular complexity index is 592. The summed E-state index contributed by atoms with van der Waals surface area (Å²) in [5, 5.41) is 8.98. The van der Waals surface area contributed by atoms with Crippen molar-refractivity contribution in [3.8, 4) is 5.75 Å². The average Bonchev–Trinajstić information content (AvgIpc) is 2.59. The van der Waals surface area contributed by atoms with Gasteiger partial charge < -0.3 is 19.5 Å². The van der Waals surface area contributed by atoms with E-state index in [4.69, 9.17) is 9.84 Å². The van der Waals surface area contributed by atoms with E-state index < -0.39 is 11.9 Å². The summed E-state index contributed by atoms with van der Waals surface area (Å²) in [6.07, 6.45) is 0.916. The molecular formula is C16H19NO6. The van der Waals surface area contributed by atoms with E-state index in [0.29, 0.717) is 37.2 Å². The molecule has 0 radical (unpaired) electrons. The smallest absolute Gasteiger partial charge is 0.343 e. The second-order valence-electron chi connectivity index (χ2n) is 5.30. The molecule has 7 heteroatoms. The maximum atomic E-state index is 12.5. The van der Waals surface area contributed by atoms with Gasteiger partial charge >= 0.3 is 11.9 Å². The maximum Gasteiger partial charge on any atom is 0.343 e. The third-order valence-electron chi connectivity index (χ3n) is 3.80. The van der Waals surface area contributed by atoms with E-state index in [0.717, 1.165) is 0 Å². The molecule has 1 fully saturated rings. The van der Waals surface area contributed by atoms with Crippen molar-refractivity contribution in [1.82, 2.24) is 4.90 Å². The number of benzene rings is 1. The van der Waals surface area contributed by atoms with Crippen LogP contribution in [0.4, 0.5) is 0 Å². The van der Waals surface area contributed by atoms with Gasteiger partial charge in [-0.25, -0.2) is 4.79 Å². The van der Waals surface area contributed by atoms with Crippen LogP contribution in [0.5, 0.6) is 5.75 Å². The lowest BCUT2D eigenvalue weighted by Crippen LogP contribution is -2.40. The lowest BCUT2D eigenvalue weighted by Gasteiger charge is -2.30. The van der Waals surface area contributed by atoms with Crippen LogP contribution in [-0.2, 0) is 14.3 Å². The minimum Gasteiger partial charge on any atom is -0.482 e. The summed E-state index contributed by atoms with van der Waals surface area (Å²) >= 11 is 0. The van der Waals surface area contributed by atoms with Gasteiger partial charge in [0.25, 0.3) is 5.91 Å². The Kier molecular flexibility index (Phi) is 5.56. The van der Waals surface area contributed by atoms with Gasteiger partial charge in [-0.2, -0.15) is 0 Å². The van der Waals surface area contributed by atoms with E-state index in [1.54, 1.807) is 29.2 Å². The minimum absolute atomic E-state index is 0.169. The summed E-state index contributed by atoms with van der Waals surface area (Å²) in [7, 11) is 1.27. The van der Waals surface area contributed by atoms with Crippen molar-refractivity contribution in [1.29, 1.82) is 0 Å². The van der Waals surface area contributed by atoms with E-state index in [9.17, 15) is 14.4 Å². The topological polar surface area (TPSA) is 93.1 Å². The van der Waals surface area contributed by atoms with Crippen LogP contribution in [0.3, 0.4) is 0 Å². The highest BCUT2D eigenvalue weighted by Gasteiger charge is 2.27. The van der Waals surface area contributed by atoms with Crippen LogP contribution in [0.2, 0.25) is 0 Å². The van der Waals surface area contributed by atoms with Crippen molar-refractivity contribution in [3.63, 3.8) is 0 Å². The Morgan fingerprint density at radius 1 is 1.26 bits per heavy atom. The molecule has 0 aliphatic carbocycles. The number of ether oxygens (including phenoxy) is 2. The molecule has 0 spiro atoms. The molecule has 23 heavy (non-hydrogen) atoms. The van der Waals surface area contributed by atoms with Crippen LogP contribution >= 0.6 is 0 Å². The van der Waals surface area contributed by atoms with Gasteiger partial charge in [-0.3, -0.25) is 9.59 Å². The number of esters is 1. The molecule has 0 bridgehead atoms. The van der Waals surface area contributed by atoms with Crippen LogP contribution in [0.25, 0.3) is 0 Å². The quantitative estimate of drug-likeness (QED) is 0.819. The van der Waals surface area contributed by atoms with Crippen molar-refractivity contribution in [2.75, 3.05) is 26.8 Å². The second-order valence-corrected chi connectivity index (χ2v) is 5.30. The van der Waals surface area contributed by atoms with E-state index >= 15 is 0 Å². The Morgan fingerprint density at radius 2 is 1.96 bits per heavy atom. The van der Waals surface area contributed by atoms with Gasteiger partial charge in [0.1, 0.15) is 5.75 Å². The van der Waals surface area contributed by atoms with Gasteiger partial charge in [0.05, 0.1) is 13.0 Å². The fraction of sp³-hybridized carbons (Fsp3) is 0.438. The molecule has 1 amide bonds. The molecule has 1 N–H and O–H groups in total. The number of methoxy groups -OCH3 is 1. The second kappa shape index (κ2) is 7.62. The largest absolute Gasteiger partial charge is 0.482 e. The monoisotopic (exact) mass is 321 g/mol. The minimum atomic E-state index is -0.810. The van der Waals surface area contributed by atoms with Crippen LogP contribution in [-0.4, -0.2) is 54.7 Å². The fourth-order valence-corrected chi connectivity index (χ4v) is 2.43. The molecule has 1 aliphatic rings. The molecule has 0 atom stereocenters. The first kappa shape index (κ1) is 16.8. The van der Waals surface area contributed by atoms with Gasteiger partial charge in [0, 0.05) is 18.7 Å². The molecule has 0 unspecified atom stereocenters. The van der Waals surface area contributed by atoms with Gasteiger partial charge in [-0.05, 0) is 31.0 Å². The molecule has 124 valence electrons. The first-order valence-electron chi connectivity index (χ1n) is 7.33. The van der Waals surface area contributed by atoms with Crippen LogP contribution in [0.15, 0.2) is 24.3 Å². The number of amides is 1. The Labute approximate surface area is 133 Å². The molecule has 2 rings (SSSR count). The summed E-state index contributed by atoms with van der Waals surface area (Å²) in [4.78, 5) is 36.1. The first-order chi connectivity index (χ1) is 11.0. The van der Waals surface area contributed by atoms with Gasteiger partial charge in [-0.1, -0.05) is 6.07 Å². The molecule has 0 saturated carbocycles. The molecule has 7 nitrogen and oxygen atoms in total. The summed E-state index contributed by atoms with van der Waals surface area (Å²) in [6, 6.07) is 6.55. The maximum absolute atomic E-state index is 12.5. The van der Waals surface area contributed by atoms with E-state index in [1.807, 2.05) is 0 Å². The predicted octanol–water partition coefficient (Wildman–Crippen LogP) is 1.18. The number of rotatable bonds is 5. The summed E-state index contributed by atoms with van der Waals surface area (Å²) in [6.45, 7) is 0.615. The number of piperidine rings is 1. The Morgan fingerprint density at radius 3 is 2.57 bits per heavy atom. The molecule has 1 aromatic carbocycles. The number of nitrogens with zero attached hydrogens (tertiary/aromatic N) is 1. The van der Waals surface area contributed by atoms with Crippen LogP contribution in [0.1, 0.15) is 23.2 Å². The molecule has 1 aromatic rings. The fourth-order valence-electron chi connectivity index (χ4n) is 2.43. The third-order valence-corrected chi connectivity index (χ3v) is 3.80. The summed E-state index contributed by atoms with van der Waals surface area (Å²) in [5.74, 6) is -1.46. The van der Waals surface area contributed by atoms with Crippen LogP contribution < -0.4 is 4.74 Å². The highest BCUT2D eigenvalue weighted by molar-refractivity contribution is 5.94. The zero-order valence-corrected chi connectivity index (χ0v) is 12.9. The third kappa shape index (κ3) is 4.45. The molecular weight excluding hydrogens is 302 g/mol. The SMILES string of the molecule is COC(=O)COc1cccc(C(=O)N2CCC(C(=O)O)CC2)c1. The predicted molar refractivity (Wildman–Crippen MR) is 80.2 cm³/mol. The Balaban J connectivity index is 1.97. The van der Waals surface area contributed by atoms with Crippen molar-refractivity contribution >= 4 is 17.8 Å². The number of carboxylic acid groups (broad SMARTS) is 1. The van der Waals surface area contributed by atoms with Gasteiger partial charge in [0.2, 0.25) is 0 Å². The standard InChI is InChI=1S/C16H19NO6/c1-22-14(18)10-23-13-4-2-3-12(9-13)15(19)17-7-5-11(6-8-17)16(20)21/h2-4,9,11H,5-8,10H2,1H3,(H,20,21). The highest BCUT2D eigenvalue weighted by atomic mass is 16.6. The van der Waals surface area contributed by atoms with Gasteiger partial charge in [0.15, 0.2) is 6.61 Å². The number of carbonyl (C=O) groups is 3.